The van der Waals surface area contributed by atoms with E-state index in [9.17, 15) is 4.79 Å². The quantitative estimate of drug-likeness (QED) is 0.802. The number of unbranched alkanes of at least 4 members (excludes halogenated alkanes) is 1. The van der Waals surface area contributed by atoms with Crippen molar-refractivity contribution in [2.24, 2.45) is 0 Å². The Balaban J connectivity index is 1.99. The van der Waals surface area contributed by atoms with Gasteiger partial charge in [0.05, 0.1) is 23.5 Å². The van der Waals surface area contributed by atoms with E-state index in [1.54, 1.807) is 30.5 Å². The number of amides is 1. The Morgan fingerprint density at radius 2 is 2.14 bits per heavy atom. The molecule has 2 rings (SSSR count). The maximum Gasteiger partial charge on any atom is 0.269 e. The van der Waals surface area contributed by atoms with Gasteiger partial charge in [-0.3, -0.25) is 4.79 Å². The van der Waals surface area contributed by atoms with Crippen LogP contribution in [-0.2, 0) is 0 Å². The van der Waals surface area contributed by atoms with E-state index in [2.05, 4.69) is 28.6 Å². The van der Waals surface area contributed by atoms with Gasteiger partial charge in [0, 0.05) is 12.2 Å². The molecule has 0 saturated carbocycles. The molecule has 0 radical (unpaired) electrons. The third kappa shape index (κ3) is 4.32. The highest BCUT2D eigenvalue weighted by Crippen LogP contribution is 2.16. The summed E-state index contributed by atoms with van der Waals surface area (Å²) in [6.45, 7) is 2.74. The lowest BCUT2D eigenvalue weighted by molar-refractivity contribution is 0.0948. The van der Waals surface area contributed by atoms with Crippen LogP contribution in [0.25, 0.3) is 0 Å². The third-order valence-electron chi connectivity index (χ3n) is 3.09. The summed E-state index contributed by atoms with van der Waals surface area (Å²) in [7, 11) is 0. The highest BCUT2D eigenvalue weighted by atomic mass is 16.1. The summed E-state index contributed by atoms with van der Waals surface area (Å²) in [5, 5.41) is 14.9. The molecule has 112 valence electrons. The minimum Gasteiger partial charge on any atom is -0.354 e. The van der Waals surface area contributed by atoms with Gasteiger partial charge in [0.1, 0.15) is 5.69 Å². The summed E-state index contributed by atoms with van der Waals surface area (Å²) < 4.78 is 0. The number of nitrogens with zero attached hydrogens (tertiary/aromatic N) is 2. The molecule has 0 unspecified atom stereocenters. The molecular formula is C17H18N4O. The summed E-state index contributed by atoms with van der Waals surface area (Å²) in [6, 6.07) is 12.7. The maximum absolute atomic E-state index is 11.8. The molecule has 1 amide bonds. The number of benzene rings is 1. The van der Waals surface area contributed by atoms with Crippen LogP contribution in [0.3, 0.4) is 0 Å². The molecule has 1 aromatic carbocycles. The SMILES string of the molecule is CCCCNC(=O)c1ccc(Nc2cccc(C#N)c2)cn1. The number of rotatable bonds is 6. The van der Waals surface area contributed by atoms with Crippen molar-refractivity contribution in [3.63, 3.8) is 0 Å². The first-order valence-electron chi connectivity index (χ1n) is 7.24. The minimum atomic E-state index is -0.161. The summed E-state index contributed by atoms with van der Waals surface area (Å²) in [5.74, 6) is -0.161. The van der Waals surface area contributed by atoms with Gasteiger partial charge in [0.15, 0.2) is 0 Å². The lowest BCUT2D eigenvalue weighted by Crippen LogP contribution is -2.25. The summed E-state index contributed by atoms with van der Waals surface area (Å²) in [5.41, 5.74) is 2.55. The number of carbonyl (C=O) groups is 1. The van der Waals surface area contributed by atoms with Crippen LogP contribution < -0.4 is 10.6 Å². The van der Waals surface area contributed by atoms with Crippen LogP contribution in [0.1, 0.15) is 35.8 Å². The minimum absolute atomic E-state index is 0.161. The van der Waals surface area contributed by atoms with Gasteiger partial charge in [0.25, 0.3) is 5.91 Å². The van der Waals surface area contributed by atoms with Gasteiger partial charge in [-0.05, 0) is 36.8 Å². The van der Waals surface area contributed by atoms with Crippen LogP contribution in [0.2, 0.25) is 0 Å². The first kappa shape index (κ1) is 15.5. The normalized spacial score (nSPS) is 9.82. The van der Waals surface area contributed by atoms with E-state index in [4.69, 9.17) is 5.26 Å². The van der Waals surface area contributed by atoms with Crippen LogP contribution in [0.4, 0.5) is 11.4 Å². The maximum atomic E-state index is 11.8. The third-order valence-corrected chi connectivity index (χ3v) is 3.09. The van der Waals surface area contributed by atoms with E-state index in [-0.39, 0.29) is 5.91 Å². The predicted octanol–water partition coefficient (Wildman–Crippen LogP) is 3.23. The number of nitrogens with one attached hydrogen (secondary N) is 2. The van der Waals surface area contributed by atoms with Crippen LogP contribution >= 0.6 is 0 Å². The van der Waals surface area contributed by atoms with Crippen molar-refractivity contribution in [1.82, 2.24) is 10.3 Å². The zero-order valence-corrected chi connectivity index (χ0v) is 12.5. The molecule has 2 N–H and O–H groups in total. The van der Waals surface area contributed by atoms with Gasteiger partial charge >= 0.3 is 0 Å². The van der Waals surface area contributed by atoms with Crippen LogP contribution in [-0.4, -0.2) is 17.4 Å². The molecule has 1 heterocycles. The highest BCUT2D eigenvalue weighted by Gasteiger charge is 2.06. The molecule has 22 heavy (non-hydrogen) atoms. The fraction of sp³-hybridized carbons (Fsp3) is 0.235. The van der Waals surface area contributed by atoms with Crippen molar-refractivity contribution >= 4 is 17.3 Å². The molecule has 0 aliphatic rings. The van der Waals surface area contributed by atoms with Crippen LogP contribution in [0.15, 0.2) is 42.6 Å². The van der Waals surface area contributed by atoms with Crippen LogP contribution in [0.5, 0.6) is 0 Å². The summed E-state index contributed by atoms with van der Waals surface area (Å²) in [4.78, 5) is 16.0. The number of hydrogen-bond donors (Lipinski definition) is 2. The molecule has 2 aromatic rings. The standard InChI is InChI=1S/C17H18N4O/c1-2-3-9-19-17(22)16-8-7-15(12-20-16)21-14-6-4-5-13(10-14)11-18/h4-8,10,12,21H,2-3,9H2,1H3,(H,19,22). The van der Waals surface area contributed by atoms with Gasteiger partial charge < -0.3 is 10.6 Å². The Labute approximate surface area is 130 Å². The van der Waals surface area contributed by atoms with Crippen molar-refractivity contribution in [2.75, 3.05) is 11.9 Å². The van der Waals surface area contributed by atoms with Crippen molar-refractivity contribution in [1.29, 1.82) is 5.26 Å². The van der Waals surface area contributed by atoms with Gasteiger partial charge in [0.2, 0.25) is 0 Å². The second-order valence-corrected chi connectivity index (χ2v) is 4.86. The monoisotopic (exact) mass is 294 g/mol. The molecule has 0 fully saturated rings. The van der Waals surface area contributed by atoms with Crippen molar-refractivity contribution in [3.8, 4) is 6.07 Å². The van der Waals surface area contributed by atoms with Crippen LogP contribution in [0, 0.1) is 11.3 Å². The van der Waals surface area contributed by atoms with E-state index in [0.717, 1.165) is 24.2 Å². The average molecular weight is 294 g/mol. The Hall–Kier alpha value is -2.87. The molecule has 0 saturated heterocycles. The predicted molar refractivity (Wildman–Crippen MR) is 85.9 cm³/mol. The molecule has 5 nitrogen and oxygen atoms in total. The van der Waals surface area contributed by atoms with E-state index in [1.807, 2.05) is 12.1 Å². The van der Waals surface area contributed by atoms with Crippen molar-refractivity contribution in [3.05, 3.63) is 53.9 Å². The second-order valence-electron chi connectivity index (χ2n) is 4.86. The van der Waals surface area contributed by atoms with E-state index >= 15 is 0 Å². The number of carbonyl (C=O) groups excluding carboxylic acids is 1. The summed E-state index contributed by atoms with van der Waals surface area (Å²) >= 11 is 0. The highest BCUT2D eigenvalue weighted by molar-refractivity contribution is 5.92. The van der Waals surface area contributed by atoms with Gasteiger partial charge in [-0.25, -0.2) is 4.98 Å². The first-order valence-corrected chi connectivity index (χ1v) is 7.24. The topological polar surface area (TPSA) is 77.8 Å². The van der Waals surface area contributed by atoms with E-state index in [0.29, 0.717) is 17.8 Å². The molecule has 5 heteroatoms. The second kappa shape index (κ2) is 7.79. The lowest BCUT2D eigenvalue weighted by atomic mass is 10.2. The Kier molecular flexibility index (Phi) is 5.50. The zero-order valence-electron chi connectivity index (χ0n) is 12.5. The molecule has 0 aliphatic heterocycles. The number of aromatic nitrogens is 1. The zero-order chi connectivity index (χ0) is 15.8. The van der Waals surface area contributed by atoms with Gasteiger partial charge in [-0.1, -0.05) is 19.4 Å². The number of hydrogen-bond acceptors (Lipinski definition) is 4. The molecular weight excluding hydrogens is 276 g/mol. The first-order chi connectivity index (χ1) is 10.7. The lowest BCUT2D eigenvalue weighted by Gasteiger charge is -2.07. The molecule has 0 atom stereocenters. The van der Waals surface area contributed by atoms with Gasteiger partial charge in [-0.2, -0.15) is 5.26 Å². The Morgan fingerprint density at radius 1 is 1.27 bits per heavy atom. The summed E-state index contributed by atoms with van der Waals surface area (Å²) in [6.07, 6.45) is 3.60. The fourth-order valence-corrected chi connectivity index (χ4v) is 1.90. The number of pyridine rings is 1. The Bertz CT molecular complexity index is 674. The van der Waals surface area contributed by atoms with E-state index in [1.165, 1.54) is 0 Å². The smallest absolute Gasteiger partial charge is 0.269 e. The molecule has 0 spiro atoms. The van der Waals surface area contributed by atoms with Crippen molar-refractivity contribution in [2.45, 2.75) is 19.8 Å². The number of nitriles is 1. The Morgan fingerprint density at radius 3 is 2.82 bits per heavy atom. The average Bonchev–Trinajstić information content (AvgIpc) is 2.56. The molecule has 0 bridgehead atoms. The van der Waals surface area contributed by atoms with Gasteiger partial charge in [-0.15, -0.1) is 0 Å². The fourth-order valence-electron chi connectivity index (χ4n) is 1.90. The van der Waals surface area contributed by atoms with E-state index < -0.39 is 0 Å². The number of anilines is 2. The largest absolute Gasteiger partial charge is 0.354 e. The van der Waals surface area contributed by atoms with Crippen molar-refractivity contribution < 1.29 is 4.79 Å². The molecule has 0 aliphatic carbocycles. The molecule has 1 aromatic heterocycles.